The van der Waals surface area contributed by atoms with Crippen molar-refractivity contribution in [2.24, 2.45) is 0 Å². The van der Waals surface area contributed by atoms with Crippen molar-refractivity contribution in [3.63, 3.8) is 0 Å². The van der Waals surface area contributed by atoms with Gasteiger partial charge in [0.15, 0.2) is 0 Å². The Morgan fingerprint density at radius 1 is 1.28 bits per heavy atom. The molecule has 1 heterocycles. The second-order valence-electron chi connectivity index (χ2n) is 6.94. The van der Waals surface area contributed by atoms with Gasteiger partial charge in [-0.2, -0.15) is 0 Å². The van der Waals surface area contributed by atoms with E-state index in [9.17, 15) is 14.0 Å². The molecule has 1 aliphatic rings. The van der Waals surface area contributed by atoms with Crippen LogP contribution in [-0.4, -0.2) is 32.1 Å². The fourth-order valence-corrected chi connectivity index (χ4v) is 4.97. The fourth-order valence-electron chi connectivity index (χ4n) is 3.43. The molecule has 29 heavy (non-hydrogen) atoms. The predicted octanol–water partition coefficient (Wildman–Crippen LogP) is 4.37. The first-order chi connectivity index (χ1) is 14.0. The molecule has 2 N–H and O–H groups in total. The second-order valence-corrected chi connectivity index (χ2v) is 8.45. The van der Waals surface area contributed by atoms with Crippen molar-refractivity contribution in [1.29, 1.82) is 0 Å². The lowest BCUT2D eigenvalue weighted by atomic mass is 9.95. The molecule has 0 bridgehead atoms. The molecule has 0 aliphatic heterocycles. The number of carbonyl (C=O) groups is 2. The largest absolute Gasteiger partial charge is 0.385 e. The Hall–Kier alpha value is -1.96. The van der Waals surface area contributed by atoms with Crippen molar-refractivity contribution in [3.05, 3.63) is 50.6 Å². The molecule has 5 nitrogen and oxygen atoms in total. The van der Waals surface area contributed by atoms with Crippen molar-refractivity contribution in [3.8, 4) is 0 Å². The molecule has 1 aromatic carbocycles. The first-order valence-electron chi connectivity index (χ1n) is 9.65. The van der Waals surface area contributed by atoms with Crippen LogP contribution >= 0.6 is 22.9 Å². The van der Waals surface area contributed by atoms with Gasteiger partial charge in [0.25, 0.3) is 5.91 Å². The molecule has 8 heteroatoms. The molecule has 2 aromatic rings. The number of anilines is 1. The van der Waals surface area contributed by atoms with Gasteiger partial charge in [-0.3, -0.25) is 9.59 Å². The van der Waals surface area contributed by atoms with E-state index in [0.29, 0.717) is 30.1 Å². The van der Waals surface area contributed by atoms with E-state index in [-0.39, 0.29) is 22.9 Å². The number of aryl methyl sites for hydroxylation is 1. The van der Waals surface area contributed by atoms with E-state index in [1.165, 1.54) is 23.5 Å². The van der Waals surface area contributed by atoms with Crippen molar-refractivity contribution in [1.82, 2.24) is 5.32 Å². The number of rotatable bonds is 8. The van der Waals surface area contributed by atoms with Crippen LogP contribution in [-0.2, 0) is 28.8 Å². The quantitative estimate of drug-likeness (QED) is 0.601. The maximum atomic E-state index is 14.0. The minimum absolute atomic E-state index is 0.151. The van der Waals surface area contributed by atoms with Crippen LogP contribution in [0.15, 0.2) is 18.2 Å². The number of hydrogen-bond donors (Lipinski definition) is 2. The third-order valence-electron chi connectivity index (χ3n) is 4.86. The van der Waals surface area contributed by atoms with Gasteiger partial charge in [0, 0.05) is 35.7 Å². The molecule has 0 saturated carbocycles. The van der Waals surface area contributed by atoms with Gasteiger partial charge in [0.1, 0.15) is 10.8 Å². The molecule has 0 spiro atoms. The Balaban J connectivity index is 1.78. The molecule has 156 valence electrons. The Labute approximate surface area is 178 Å². The highest BCUT2D eigenvalue weighted by Crippen LogP contribution is 2.38. The molecule has 1 aliphatic carbocycles. The van der Waals surface area contributed by atoms with Crippen LogP contribution in [0.4, 0.5) is 9.39 Å². The van der Waals surface area contributed by atoms with Crippen molar-refractivity contribution >= 4 is 39.8 Å². The normalized spacial score (nSPS) is 13.1. The number of hydrogen-bond acceptors (Lipinski definition) is 4. The van der Waals surface area contributed by atoms with E-state index < -0.39 is 11.7 Å². The van der Waals surface area contributed by atoms with Crippen LogP contribution in [0, 0.1) is 5.82 Å². The number of benzene rings is 1. The van der Waals surface area contributed by atoms with Crippen molar-refractivity contribution in [2.45, 2.75) is 38.5 Å². The summed E-state index contributed by atoms with van der Waals surface area (Å²) in [6.45, 7) is 1.06. The molecular formula is C21H24ClFN2O3S. The van der Waals surface area contributed by atoms with E-state index in [1.807, 2.05) is 0 Å². The van der Waals surface area contributed by atoms with Gasteiger partial charge in [0.2, 0.25) is 5.91 Å². The highest BCUT2D eigenvalue weighted by atomic mass is 35.5. The minimum atomic E-state index is -0.519. The van der Waals surface area contributed by atoms with Gasteiger partial charge < -0.3 is 15.4 Å². The van der Waals surface area contributed by atoms with Crippen LogP contribution < -0.4 is 10.6 Å². The monoisotopic (exact) mass is 438 g/mol. The van der Waals surface area contributed by atoms with Gasteiger partial charge in [-0.1, -0.05) is 17.7 Å². The van der Waals surface area contributed by atoms with E-state index >= 15 is 0 Å². The van der Waals surface area contributed by atoms with E-state index in [4.69, 9.17) is 16.3 Å². The van der Waals surface area contributed by atoms with E-state index in [2.05, 4.69) is 10.6 Å². The first kappa shape index (κ1) is 21.7. The highest BCUT2D eigenvalue weighted by molar-refractivity contribution is 7.17. The number of amides is 2. The highest BCUT2D eigenvalue weighted by Gasteiger charge is 2.26. The molecule has 2 amide bonds. The van der Waals surface area contributed by atoms with Crippen molar-refractivity contribution in [2.75, 3.05) is 25.6 Å². The number of fused-ring (bicyclic) bond motifs is 1. The van der Waals surface area contributed by atoms with Crippen LogP contribution in [0.2, 0.25) is 5.02 Å². The molecule has 3 rings (SSSR count). The van der Waals surface area contributed by atoms with Crippen LogP contribution in [0.5, 0.6) is 0 Å². The second kappa shape index (κ2) is 10.2. The minimum Gasteiger partial charge on any atom is -0.385 e. The summed E-state index contributed by atoms with van der Waals surface area (Å²) in [5, 5.41) is 6.47. The number of halogens is 2. The topological polar surface area (TPSA) is 67.4 Å². The summed E-state index contributed by atoms with van der Waals surface area (Å²) < 4.78 is 19.0. The summed E-state index contributed by atoms with van der Waals surface area (Å²) in [6, 6.07) is 4.33. The SMILES string of the molecule is COCCCNC(=O)c1c(NC(=O)Cc2c(F)cccc2Cl)sc2c1CCCC2. The lowest BCUT2D eigenvalue weighted by molar-refractivity contribution is -0.115. The molecule has 0 saturated heterocycles. The number of methoxy groups -OCH3 is 1. The zero-order valence-electron chi connectivity index (χ0n) is 16.3. The third kappa shape index (κ3) is 5.35. The number of thiophene rings is 1. The molecular weight excluding hydrogens is 415 g/mol. The predicted molar refractivity (Wildman–Crippen MR) is 114 cm³/mol. The summed E-state index contributed by atoms with van der Waals surface area (Å²) >= 11 is 7.47. The smallest absolute Gasteiger partial charge is 0.254 e. The van der Waals surface area contributed by atoms with Gasteiger partial charge in [-0.15, -0.1) is 11.3 Å². The van der Waals surface area contributed by atoms with Gasteiger partial charge >= 0.3 is 0 Å². The third-order valence-corrected chi connectivity index (χ3v) is 6.42. The van der Waals surface area contributed by atoms with Crippen LogP contribution in [0.1, 0.15) is 45.6 Å². The van der Waals surface area contributed by atoms with Gasteiger partial charge in [0.05, 0.1) is 12.0 Å². The average Bonchev–Trinajstić information content (AvgIpc) is 3.06. The molecule has 0 atom stereocenters. The standard InChI is InChI=1S/C21H24ClFN2O3S/c1-28-11-5-10-24-20(27)19-13-6-2-3-9-17(13)29-21(19)25-18(26)12-14-15(22)7-4-8-16(14)23/h4,7-8H,2-3,5-6,9-12H2,1H3,(H,24,27)(H,25,26). The van der Waals surface area contributed by atoms with Gasteiger partial charge in [-0.05, 0) is 49.8 Å². The zero-order valence-corrected chi connectivity index (χ0v) is 17.9. The number of ether oxygens (including phenoxy) is 1. The molecule has 0 fully saturated rings. The van der Waals surface area contributed by atoms with Crippen LogP contribution in [0.25, 0.3) is 0 Å². The van der Waals surface area contributed by atoms with E-state index in [0.717, 1.165) is 36.1 Å². The Bertz CT molecular complexity index is 880. The number of nitrogens with one attached hydrogen (secondary N) is 2. The molecule has 0 unspecified atom stereocenters. The maximum Gasteiger partial charge on any atom is 0.254 e. The summed E-state index contributed by atoms with van der Waals surface area (Å²) in [7, 11) is 1.62. The van der Waals surface area contributed by atoms with E-state index in [1.54, 1.807) is 13.2 Å². The summed E-state index contributed by atoms with van der Waals surface area (Å²) in [4.78, 5) is 26.6. The Morgan fingerprint density at radius 3 is 2.83 bits per heavy atom. The summed E-state index contributed by atoms with van der Waals surface area (Å²) in [6.07, 6.45) is 4.33. The summed E-state index contributed by atoms with van der Waals surface area (Å²) in [5.74, 6) is -1.11. The lowest BCUT2D eigenvalue weighted by Gasteiger charge is -2.13. The average molecular weight is 439 g/mol. The van der Waals surface area contributed by atoms with Gasteiger partial charge in [-0.25, -0.2) is 4.39 Å². The van der Waals surface area contributed by atoms with Crippen LogP contribution in [0.3, 0.4) is 0 Å². The maximum absolute atomic E-state index is 14.0. The zero-order chi connectivity index (χ0) is 20.8. The fraction of sp³-hybridized carbons (Fsp3) is 0.429. The first-order valence-corrected chi connectivity index (χ1v) is 10.8. The molecule has 1 aromatic heterocycles. The summed E-state index contributed by atoms with van der Waals surface area (Å²) in [5.41, 5.74) is 1.71. The lowest BCUT2D eigenvalue weighted by Crippen LogP contribution is -2.27. The number of carbonyl (C=O) groups excluding carboxylic acids is 2. The molecule has 0 radical (unpaired) electrons. The van der Waals surface area contributed by atoms with Crippen molar-refractivity contribution < 1.29 is 18.7 Å². The Kier molecular flexibility index (Phi) is 7.64. The Morgan fingerprint density at radius 2 is 2.07 bits per heavy atom.